The first kappa shape index (κ1) is 17.7. The van der Waals surface area contributed by atoms with Crippen LogP contribution < -0.4 is 10.1 Å². The summed E-state index contributed by atoms with van der Waals surface area (Å²) >= 11 is 0. The Morgan fingerprint density at radius 1 is 1.14 bits per heavy atom. The van der Waals surface area contributed by atoms with Gasteiger partial charge < -0.3 is 14.8 Å². The smallest absolute Gasteiger partial charge is 0.222 e. The van der Waals surface area contributed by atoms with E-state index >= 15 is 0 Å². The van der Waals surface area contributed by atoms with E-state index in [-0.39, 0.29) is 12.0 Å². The molecule has 0 spiro atoms. The molecule has 21 heavy (non-hydrogen) atoms. The maximum atomic E-state index is 5.94. The predicted molar refractivity (Wildman–Crippen MR) is 86.2 cm³/mol. The minimum atomic E-state index is -0.0300. The first-order chi connectivity index (χ1) is 9.99. The molecule has 1 atom stereocenters. The van der Waals surface area contributed by atoms with Gasteiger partial charge in [-0.2, -0.15) is 4.98 Å². The minimum Gasteiger partial charge on any atom is -0.472 e. The van der Waals surface area contributed by atoms with E-state index in [1.54, 1.807) is 0 Å². The fourth-order valence-electron chi connectivity index (χ4n) is 1.81. The van der Waals surface area contributed by atoms with Crippen LogP contribution in [0.15, 0.2) is 0 Å². The zero-order valence-corrected chi connectivity index (χ0v) is 14.2. The molecule has 0 aliphatic carbocycles. The molecule has 0 radical (unpaired) electrons. The molecule has 1 aromatic rings. The van der Waals surface area contributed by atoms with Crippen LogP contribution in [0.5, 0.6) is 5.88 Å². The zero-order valence-electron chi connectivity index (χ0n) is 14.2. The summed E-state index contributed by atoms with van der Waals surface area (Å²) in [5.74, 6) is 2.59. The molecule has 0 aliphatic heterocycles. The molecule has 0 saturated heterocycles. The van der Waals surface area contributed by atoms with Crippen molar-refractivity contribution in [1.29, 1.82) is 0 Å². The number of rotatable bonds is 9. The van der Waals surface area contributed by atoms with E-state index in [1.807, 2.05) is 20.8 Å². The van der Waals surface area contributed by atoms with Gasteiger partial charge in [0.25, 0.3) is 0 Å². The summed E-state index contributed by atoms with van der Waals surface area (Å²) < 4.78 is 11.3. The lowest BCUT2D eigenvalue weighted by molar-refractivity contribution is 0.0628. The Morgan fingerprint density at radius 2 is 1.86 bits per heavy atom. The van der Waals surface area contributed by atoms with Gasteiger partial charge in [-0.05, 0) is 27.2 Å². The number of nitrogens with one attached hydrogen (secondary N) is 1. The molecular formula is C16H29N3O2. The Kier molecular flexibility index (Phi) is 7.43. The van der Waals surface area contributed by atoms with Crippen molar-refractivity contribution >= 4 is 5.82 Å². The largest absolute Gasteiger partial charge is 0.472 e. The number of hydrogen-bond acceptors (Lipinski definition) is 5. The van der Waals surface area contributed by atoms with Crippen molar-refractivity contribution < 1.29 is 9.47 Å². The molecular weight excluding hydrogens is 266 g/mol. The Labute approximate surface area is 128 Å². The third kappa shape index (κ3) is 5.50. The number of hydrogen-bond donors (Lipinski definition) is 1. The highest BCUT2D eigenvalue weighted by Crippen LogP contribution is 2.25. The van der Waals surface area contributed by atoms with Crippen molar-refractivity contribution in [2.24, 2.45) is 0 Å². The first-order valence-electron chi connectivity index (χ1n) is 7.86. The molecule has 0 amide bonds. The van der Waals surface area contributed by atoms with Crippen molar-refractivity contribution in [3.63, 3.8) is 0 Å². The fraction of sp³-hybridized carbons (Fsp3) is 0.750. The highest BCUT2D eigenvalue weighted by atomic mass is 16.5. The minimum absolute atomic E-state index is 0.0300. The van der Waals surface area contributed by atoms with Gasteiger partial charge in [0.2, 0.25) is 5.88 Å². The van der Waals surface area contributed by atoms with Crippen molar-refractivity contribution in [2.45, 2.75) is 60.0 Å². The van der Waals surface area contributed by atoms with Crippen LogP contribution in [0.2, 0.25) is 0 Å². The summed E-state index contributed by atoms with van der Waals surface area (Å²) in [6.45, 7) is 14.4. The first-order valence-corrected chi connectivity index (χ1v) is 7.86. The van der Waals surface area contributed by atoms with Gasteiger partial charge in [0.15, 0.2) is 0 Å². The van der Waals surface area contributed by atoms with Gasteiger partial charge in [-0.25, -0.2) is 4.98 Å². The van der Waals surface area contributed by atoms with Crippen molar-refractivity contribution in [3.8, 4) is 5.88 Å². The Bertz CT molecular complexity index is 436. The van der Waals surface area contributed by atoms with Crippen LogP contribution >= 0.6 is 0 Å². The lowest BCUT2D eigenvalue weighted by Crippen LogP contribution is -2.21. The normalized spacial score (nSPS) is 12.5. The summed E-state index contributed by atoms with van der Waals surface area (Å²) in [6.07, 6.45) is 1.02. The molecule has 0 fully saturated rings. The monoisotopic (exact) mass is 295 g/mol. The quantitative estimate of drug-likeness (QED) is 0.755. The van der Waals surface area contributed by atoms with Gasteiger partial charge in [0.05, 0.1) is 12.2 Å². The van der Waals surface area contributed by atoms with E-state index < -0.39 is 0 Å². The van der Waals surface area contributed by atoms with Gasteiger partial charge in [-0.3, -0.25) is 0 Å². The SMILES string of the molecule is CCCNc1nc(C(C)C)nc(OC(C)COCC)c1C. The van der Waals surface area contributed by atoms with Crippen molar-refractivity contribution in [2.75, 3.05) is 25.1 Å². The van der Waals surface area contributed by atoms with E-state index in [4.69, 9.17) is 9.47 Å². The van der Waals surface area contributed by atoms with Gasteiger partial charge >= 0.3 is 0 Å². The summed E-state index contributed by atoms with van der Waals surface area (Å²) in [5.41, 5.74) is 0.955. The van der Waals surface area contributed by atoms with Crippen LogP contribution in [0.3, 0.4) is 0 Å². The van der Waals surface area contributed by atoms with E-state index in [0.29, 0.717) is 19.1 Å². The topological polar surface area (TPSA) is 56.3 Å². The molecule has 1 heterocycles. The summed E-state index contributed by atoms with van der Waals surface area (Å²) in [5, 5.41) is 3.35. The lowest BCUT2D eigenvalue weighted by atomic mass is 10.2. The van der Waals surface area contributed by atoms with Crippen LogP contribution in [0.1, 0.15) is 58.3 Å². The fourth-order valence-corrected chi connectivity index (χ4v) is 1.81. The third-order valence-corrected chi connectivity index (χ3v) is 3.05. The predicted octanol–water partition coefficient (Wildman–Crippen LogP) is 3.53. The van der Waals surface area contributed by atoms with E-state index in [2.05, 4.69) is 36.1 Å². The molecule has 0 aromatic carbocycles. The second-order valence-corrected chi connectivity index (χ2v) is 5.53. The van der Waals surface area contributed by atoms with E-state index in [1.165, 1.54) is 0 Å². The summed E-state index contributed by atoms with van der Waals surface area (Å²) in [4.78, 5) is 9.17. The molecule has 0 aliphatic rings. The molecule has 5 heteroatoms. The van der Waals surface area contributed by atoms with Crippen LogP contribution in [-0.2, 0) is 4.74 Å². The lowest BCUT2D eigenvalue weighted by Gasteiger charge is -2.19. The van der Waals surface area contributed by atoms with Gasteiger partial charge in [0, 0.05) is 19.1 Å². The number of nitrogens with zero attached hydrogens (tertiary/aromatic N) is 2. The average molecular weight is 295 g/mol. The molecule has 5 nitrogen and oxygen atoms in total. The zero-order chi connectivity index (χ0) is 15.8. The molecule has 0 saturated carbocycles. The maximum absolute atomic E-state index is 5.94. The molecule has 1 N–H and O–H groups in total. The number of ether oxygens (including phenoxy) is 2. The van der Waals surface area contributed by atoms with Crippen LogP contribution in [0.25, 0.3) is 0 Å². The Hall–Kier alpha value is -1.36. The molecule has 1 aromatic heterocycles. The number of aromatic nitrogens is 2. The van der Waals surface area contributed by atoms with Gasteiger partial charge in [0.1, 0.15) is 17.7 Å². The summed E-state index contributed by atoms with van der Waals surface area (Å²) in [7, 11) is 0. The second kappa shape index (κ2) is 8.82. The van der Waals surface area contributed by atoms with Crippen LogP contribution in [0, 0.1) is 6.92 Å². The maximum Gasteiger partial charge on any atom is 0.222 e. The molecule has 120 valence electrons. The van der Waals surface area contributed by atoms with Gasteiger partial charge in [-0.1, -0.05) is 20.8 Å². The van der Waals surface area contributed by atoms with Gasteiger partial charge in [-0.15, -0.1) is 0 Å². The van der Waals surface area contributed by atoms with Crippen molar-refractivity contribution in [3.05, 3.63) is 11.4 Å². The second-order valence-electron chi connectivity index (χ2n) is 5.53. The van der Waals surface area contributed by atoms with E-state index in [9.17, 15) is 0 Å². The van der Waals surface area contributed by atoms with E-state index in [0.717, 1.165) is 30.2 Å². The highest BCUT2D eigenvalue weighted by molar-refractivity contribution is 5.48. The Morgan fingerprint density at radius 3 is 2.43 bits per heavy atom. The third-order valence-electron chi connectivity index (χ3n) is 3.05. The number of anilines is 1. The van der Waals surface area contributed by atoms with Crippen LogP contribution in [0.4, 0.5) is 5.82 Å². The van der Waals surface area contributed by atoms with Crippen LogP contribution in [-0.4, -0.2) is 35.8 Å². The molecule has 1 rings (SSSR count). The van der Waals surface area contributed by atoms with Crippen molar-refractivity contribution in [1.82, 2.24) is 9.97 Å². The average Bonchev–Trinajstić information content (AvgIpc) is 2.45. The molecule has 1 unspecified atom stereocenters. The Balaban J connectivity index is 2.96. The molecule has 0 bridgehead atoms. The highest BCUT2D eigenvalue weighted by Gasteiger charge is 2.16. The standard InChI is InChI=1S/C16H29N3O2/c1-7-9-17-15-13(6)16(19-14(18-15)11(3)4)21-12(5)10-20-8-2/h11-12H,7-10H2,1-6H3,(H,17,18,19). The summed E-state index contributed by atoms with van der Waals surface area (Å²) in [6, 6.07) is 0.